The second-order valence-corrected chi connectivity index (χ2v) is 4.43. The molecule has 0 spiro atoms. The molecule has 3 nitrogen and oxygen atoms in total. The number of hydrogen-bond acceptors (Lipinski definition) is 4. The number of nitrogens with zero attached hydrogens (tertiary/aromatic N) is 3. The van der Waals surface area contributed by atoms with E-state index in [9.17, 15) is 0 Å². The van der Waals surface area contributed by atoms with Crippen molar-refractivity contribution in [2.45, 2.75) is 17.6 Å². The molecule has 0 aromatic heterocycles. The number of likely N-dealkylation sites (tertiary alicyclic amines) is 1. The lowest BCUT2D eigenvalue weighted by atomic mass is 9.97. The van der Waals surface area contributed by atoms with E-state index in [1.807, 2.05) is 6.26 Å². The zero-order chi connectivity index (χ0) is 9.73. The zero-order valence-electron chi connectivity index (χ0n) is 7.79. The van der Waals surface area contributed by atoms with E-state index in [0.29, 0.717) is 6.54 Å². The second kappa shape index (κ2) is 4.50. The Bertz CT molecular complexity index is 243. The Morgan fingerprint density at radius 1 is 1.38 bits per heavy atom. The van der Waals surface area contributed by atoms with Crippen LogP contribution in [0.5, 0.6) is 0 Å². The first-order chi connectivity index (χ1) is 6.26. The van der Waals surface area contributed by atoms with Crippen LogP contribution < -0.4 is 0 Å². The number of rotatable bonds is 2. The number of piperidine rings is 1. The Kier molecular flexibility index (Phi) is 3.59. The Labute approximate surface area is 83.3 Å². The molecular formula is C9H13N3S. The Balaban J connectivity index is 2.47. The van der Waals surface area contributed by atoms with E-state index in [-0.39, 0.29) is 4.75 Å². The number of thioether (sulfide) groups is 1. The molecule has 1 aliphatic heterocycles. The predicted molar refractivity (Wildman–Crippen MR) is 53.1 cm³/mol. The smallest absolute Gasteiger partial charge is 0.104 e. The summed E-state index contributed by atoms with van der Waals surface area (Å²) in [5.41, 5.74) is 0. The van der Waals surface area contributed by atoms with Crippen molar-refractivity contribution in [1.82, 2.24) is 4.90 Å². The van der Waals surface area contributed by atoms with Crippen molar-refractivity contribution < 1.29 is 0 Å². The predicted octanol–water partition coefficient (Wildman–Crippen LogP) is 1.23. The minimum atomic E-state index is -0.189. The van der Waals surface area contributed by atoms with Gasteiger partial charge in [0.05, 0.1) is 18.7 Å². The molecular weight excluding hydrogens is 182 g/mol. The minimum absolute atomic E-state index is 0.189. The van der Waals surface area contributed by atoms with E-state index in [2.05, 4.69) is 17.0 Å². The molecule has 0 radical (unpaired) electrons. The Hall–Kier alpha value is -0.710. The zero-order valence-corrected chi connectivity index (χ0v) is 8.60. The normalized spacial score (nSPS) is 21.8. The number of nitriles is 2. The van der Waals surface area contributed by atoms with Gasteiger partial charge in [-0.1, -0.05) is 0 Å². The van der Waals surface area contributed by atoms with Gasteiger partial charge in [0.15, 0.2) is 0 Å². The van der Waals surface area contributed by atoms with Gasteiger partial charge in [-0.15, -0.1) is 11.8 Å². The molecule has 0 bridgehead atoms. The molecule has 70 valence electrons. The van der Waals surface area contributed by atoms with Gasteiger partial charge in [0.25, 0.3) is 0 Å². The summed E-state index contributed by atoms with van der Waals surface area (Å²) in [4.78, 5) is 2.10. The average Bonchev–Trinajstić information content (AvgIpc) is 2.20. The summed E-state index contributed by atoms with van der Waals surface area (Å²) < 4.78 is -0.189. The van der Waals surface area contributed by atoms with Crippen molar-refractivity contribution in [3.63, 3.8) is 0 Å². The summed E-state index contributed by atoms with van der Waals surface area (Å²) in [6.07, 6.45) is 3.75. The van der Waals surface area contributed by atoms with Crippen LogP contribution in [-0.4, -0.2) is 35.5 Å². The van der Waals surface area contributed by atoms with Crippen molar-refractivity contribution in [2.75, 3.05) is 25.9 Å². The first-order valence-corrected chi connectivity index (χ1v) is 5.54. The molecule has 1 aliphatic rings. The van der Waals surface area contributed by atoms with Crippen LogP contribution in [0.1, 0.15) is 12.8 Å². The van der Waals surface area contributed by atoms with Crippen LogP contribution in [0.15, 0.2) is 0 Å². The third-order valence-corrected chi connectivity index (χ3v) is 3.83. The van der Waals surface area contributed by atoms with Gasteiger partial charge in [-0.2, -0.15) is 10.5 Å². The fourth-order valence-corrected chi connectivity index (χ4v) is 2.22. The molecule has 1 fully saturated rings. The van der Waals surface area contributed by atoms with E-state index in [1.165, 1.54) is 0 Å². The fourth-order valence-electron chi connectivity index (χ4n) is 1.53. The molecule has 4 heteroatoms. The van der Waals surface area contributed by atoms with Gasteiger partial charge in [0.1, 0.15) is 4.75 Å². The maximum absolute atomic E-state index is 9.00. The van der Waals surface area contributed by atoms with Crippen LogP contribution in [0.3, 0.4) is 0 Å². The lowest BCUT2D eigenvalue weighted by Gasteiger charge is -2.34. The molecule has 0 saturated carbocycles. The third-order valence-electron chi connectivity index (χ3n) is 2.55. The molecule has 1 saturated heterocycles. The topological polar surface area (TPSA) is 50.8 Å². The lowest BCUT2D eigenvalue weighted by molar-refractivity contribution is 0.240. The van der Waals surface area contributed by atoms with E-state index in [4.69, 9.17) is 10.5 Å². The monoisotopic (exact) mass is 195 g/mol. The van der Waals surface area contributed by atoms with Gasteiger partial charge in [0.2, 0.25) is 0 Å². The summed E-state index contributed by atoms with van der Waals surface area (Å²) in [6, 6.07) is 4.52. The maximum atomic E-state index is 9.00. The van der Waals surface area contributed by atoms with Crippen LogP contribution in [0.2, 0.25) is 0 Å². The summed E-state index contributed by atoms with van der Waals surface area (Å²) in [6.45, 7) is 2.25. The standard InChI is InChI=1S/C9H13N3S/c1-13-9(8-11)2-5-12(6-3-9)7-4-10/h2-3,5-7H2,1H3. The van der Waals surface area contributed by atoms with Gasteiger partial charge in [-0.3, -0.25) is 4.90 Å². The van der Waals surface area contributed by atoms with Crippen molar-refractivity contribution >= 4 is 11.8 Å². The van der Waals surface area contributed by atoms with Gasteiger partial charge in [0, 0.05) is 13.1 Å². The minimum Gasteiger partial charge on any atom is -0.290 e. The highest BCUT2D eigenvalue weighted by molar-refractivity contribution is 8.00. The molecule has 13 heavy (non-hydrogen) atoms. The highest BCUT2D eigenvalue weighted by atomic mass is 32.2. The van der Waals surface area contributed by atoms with Crippen LogP contribution in [0.4, 0.5) is 0 Å². The summed E-state index contributed by atoms with van der Waals surface area (Å²) in [5, 5.41) is 17.5. The van der Waals surface area contributed by atoms with Crippen molar-refractivity contribution in [2.24, 2.45) is 0 Å². The summed E-state index contributed by atoms with van der Waals surface area (Å²) in [5.74, 6) is 0. The van der Waals surface area contributed by atoms with E-state index < -0.39 is 0 Å². The molecule has 0 aliphatic carbocycles. The van der Waals surface area contributed by atoms with Gasteiger partial charge < -0.3 is 0 Å². The summed E-state index contributed by atoms with van der Waals surface area (Å²) in [7, 11) is 0. The molecule has 0 atom stereocenters. The van der Waals surface area contributed by atoms with Gasteiger partial charge >= 0.3 is 0 Å². The van der Waals surface area contributed by atoms with Gasteiger partial charge in [-0.25, -0.2) is 0 Å². The lowest BCUT2D eigenvalue weighted by Crippen LogP contribution is -2.41. The first-order valence-electron chi connectivity index (χ1n) is 4.32. The molecule has 0 amide bonds. The number of hydrogen-bond donors (Lipinski definition) is 0. The van der Waals surface area contributed by atoms with E-state index in [0.717, 1.165) is 25.9 Å². The van der Waals surface area contributed by atoms with Crippen molar-refractivity contribution in [3.05, 3.63) is 0 Å². The highest BCUT2D eigenvalue weighted by Gasteiger charge is 2.33. The van der Waals surface area contributed by atoms with E-state index >= 15 is 0 Å². The second-order valence-electron chi connectivity index (χ2n) is 3.24. The first kappa shape index (κ1) is 10.4. The average molecular weight is 195 g/mol. The molecule has 0 unspecified atom stereocenters. The molecule has 1 rings (SSSR count). The molecule has 1 heterocycles. The largest absolute Gasteiger partial charge is 0.290 e. The third kappa shape index (κ3) is 2.37. The highest BCUT2D eigenvalue weighted by Crippen LogP contribution is 2.33. The van der Waals surface area contributed by atoms with Crippen molar-refractivity contribution in [1.29, 1.82) is 10.5 Å². The summed E-state index contributed by atoms with van der Waals surface area (Å²) >= 11 is 1.64. The Morgan fingerprint density at radius 2 is 2.00 bits per heavy atom. The van der Waals surface area contributed by atoms with Crippen LogP contribution >= 0.6 is 11.8 Å². The fraction of sp³-hybridized carbons (Fsp3) is 0.778. The quantitative estimate of drug-likeness (QED) is 0.622. The van der Waals surface area contributed by atoms with Crippen LogP contribution in [0, 0.1) is 22.7 Å². The SMILES string of the molecule is CSC1(C#N)CCN(CC#N)CC1. The van der Waals surface area contributed by atoms with Gasteiger partial charge in [-0.05, 0) is 19.1 Å². The molecule has 0 aromatic rings. The molecule has 0 N–H and O–H groups in total. The van der Waals surface area contributed by atoms with Crippen LogP contribution in [0.25, 0.3) is 0 Å². The maximum Gasteiger partial charge on any atom is 0.104 e. The Morgan fingerprint density at radius 3 is 2.38 bits per heavy atom. The van der Waals surface area contributed by atoms with Crippen LogP contribution in [-0.2, 0) is 0 Å². The molecule has 0 aromatic carbocycles. The van der Waals surface area contributed by atoms with E-state index in [1.54, 1.807) is 11.8 Å². The van der Waals surface area contributed by atoms with Crippen molar-refractivity contribution in [3.8, 4) is 12.1 Å².